The van der Waals surface area contributed by atoms with Crippen molar-refractivity contribution in [2.24, 2.45) is 0 Å². The minimum atomic E-state index is -0.546. The van der Waals surface area contributed by atoms with E-state index in [4.69, 9.17) is 5.11 Å². The van der Waals surface area contributed by atoms with Gasteiger partial charge in [0.15, 0.2) is 0 Å². The van der Waals surface area contributed by atoms with E-state index in [0.717, 1.165) is 5.56 Å². The third kappa shape index (κ3) is 3.22. The van der Waals surface area contributed by atoms with E-state index < -0.39 is 6.10 Å². The second-order valence-corrected chi connectivity index (χ2v) is 4.80. The molecule has 1 aromatic heterocycles. The van der Waals surface area contributed by atoms with E-state index in [1.54, 1.807) is 17.4 Å². The van der Waals surface area contributed by atoms with Crippen LogP contribution >= 0.6 is 11.3 Å². The summed E-state index contributed by atoms with van der Waals surface area (Å²) >= 11 is 1.55. The number of aliphatic hydroxyl groups excluding tert-OH is 1. The van der Waals surface area contributed by atoms with Gasteiger partial charge >= 0.3 is 0 Å². The highest BCUT2D eigenvalue weighted by molar-refractivity contribution is 7.07. The summed E-state index contributed by atoms with van der Waals surface area (Å²) in [5, 5.41) is 35.5. The SMILES string of the molecule is Oc1ccc(CNCC(O)c2ccsc2)c(O)c1. The van der Waals surface area contributed by atoms with Crippen LogP contribution in [-0.2, 0) is 6.54 Å². The lowest BCUT2D eigenvalue weighted by Crippen LogP contribution is -2.20. The molecule has 4 N–H and O–H groups in total. The maximum atomic E-state index is 9.84. The molecule has 0 spiro atoms. The summed E-state index contributed by atoms with van der Waals surface area (Å²) in [6.07, 6.45) is -0.546. The molecule has 2 rings (SSSR count). The van der Waals surface area contributed by atoms with Crippen molar-refractivity contribution in [1.82, 2.24) is 5.32 Å². The maximum absolute atomic E-state index is 9.84. The Balaban J connectivity index is 1.85. The van der Waals surface area contributed by atoms with Crippen molar-refractivity contribution in [3.8, 4) is 11.5 Å². The topological polar surface area (TPSA) is 72.7 Å². The second kappa shape index (κ2) is 5.86. The van der Waals surface area contributed by atoms with Gasteiger partial charge in [-0.2, -0.15) is 11.3 Å². The second-order valence-electron chi connectivity index (χ2n) is 4.02. The molecule has 0 radical (unpaired) electrons. The Labute approximate surface area is 109 Å². The third-order valence-corrected chi connectivity index (χ3v) is 3.35. The molecule has 5 heteroatoms. The third-order valence-electron chi connectivity index (χ3n) is 2.65. The molecule has 0 aliphatic heterocycles. The van der Waals surface area contributed by atoms with Gasteiger partial charge in [-0.1, -0.05) is 6.07 Å². The molecule has 18 heavy (non-hydrogen) atoms. The summed E-state index contributed by atoms with van der Waals surface area (Å²) in [7, 11) is 0. The minimum Gasteiger partial charge on any atom is -0.508 e. The van der Waals surface area contributed by atoms with Crippen LogP contribution in [0.15, 0.2) is 35.0 Å². The van der Waals surface area contributed by atoms with E-state index in [-0.39, 0.29) is 11.5 Å². The first-order valence-electron chi connectivity index (χ1n) is 5.58. The van der Waals surface area contributed by atoms with Gasteiger partial charge in [-0.05, 0) is 28.5 Å². The van der Waals surface area contributed by atoms with Crippen molar-refractivity contribution in [3.05, 3.63) is 46.2 Å². The zero-order chi connectivity index (χ0) is 13.0. The molecule has 0 bridgehead atoms. The highest BCUT2D eigenvalue weighted by Gasteiger charge is 2.08. The van der Waals surface area contributed by atoms with Crippen molar-refractivity contribution < 1.29 is 15.3 Å². The maximum Gasteiger partial charge on any atom is 0.123 e. The largest absolute Gasteiger partial charge is 0.508 e. The standard InChI is InChI=1S/C13H15NO3S/c15-11-2-1-9(12(16)5-11)6-14-7-13(17)10-3-4-18-8-10/h1-5,8,13-17H,6-7H2. The normalized spacial score (nSPS) is 12.5. The first-order valence-corrected chi connectivity index (χ1v) is 6.53. The van der Waals surface area contributed by atoms with Crippen LogP contribution < -0.4 is 5.32 Å². The van der Waals surface area contributed by atoms with Gasteiger partial charge in [0, 0.05) is 24.7 Å². The minimum absolute atomic E-state index is 0.0366. The summed E-state index contributed by atoms with van der Waals surface area (Å²) < 4.78 is 0. The fourth-order valence-corrected chi connectivity index (χ4v) is 2.33. The van der Waals surface area contributed by atoms with Gasteiger partial charge in [0.25, 0.3) is 0 Å². The summed E-state index contributed by atoms with van der Waals surface area (Å²) in [6, 6.07) is 6.35. The van der Waals surface area contributed by atoms with Gasteiger partial charge in [0.05, 0.1) is 6.10 Å². The van der Waals surface area contributed by atoms with Crippen molar-refractivity contribution in [3.63, 3.8) is 0 Å². The number of aliphatic hydroxyl groups is 1. The molecule has 0 saturated heterocycles. The Hall–Kier alpha value is -1.56. The van der Waals surface area contributed by atoms with Crippen molar-refractivity contribution >= 4 is 11.3 Å². The molecular weight excluding hydrogens is 250 g/mol. The van der Waals surface area contributed by atoms with E-state index in [1.807, 2.05) is 16.8 Å². The lowest BCUT2D eigenvalue weighted by molar-refractivity contribution is 0.174. The molecular formula is C13H15NO3S. The number of nitrogens with one attached hydrogen (secondary N) is 1. The molecule has 0 fully saturated rings. The molecule has 4 nitrogen and oxygen atoms in total. The number of thiophene rings is 1. The van der Waals surface area contributed by atoms with Gasteiger partial charge in [0.1, 0.15) is 11.5 Å². The first-order chi connectivity index (χ1) is 8.66. The predicted octanol–water partition coefficient (Wildman–Crippen LogP) is 1.98. The van der Waals surface area contributed by atoms with Crippen molar-refractivity contribution in [2.45, 2.75) is 12.6 Å². The highest BCUT2D eigenvalue weighted by Crippen LogP contribution is 2.22. The molecule has 1 atom stereocenters. The molecule has 1 heterocycles. The van der Waals surface area contributed by atoms with Gasteiger partial charge in [-0.3, -0.25) is 0 Å². The zero-order valence-electron chi connectivity index (χ0n) is 9.71. The number of rotatable bonds is 5. The van der Waals surface area contributed by atoms with Crippen LogP contribution in [0.1, 0.15) is 17.2 Å². The van der Waals surface area contributed by atoms with Crippen LogP contribution in [0.3, 0.4) is 0 Å². The lowest BCUT2D eigenvalue weighted by Gasteiger charge is -2.11. The molecule has 2 aromatic rings. The molecule has 0 aliphatic carbocycles. The average molecular weight is 265 g/mol. The van der Waals surface area contributed by atoms with Gasteiger partial charge in [-0.15, -0.1) is 0 Å². The predicted molar refractivity (Wildman–Crippen MR) is 70.8 cm³/mol. The van der Waals surface area contributed by atoms with E-state index in [0.29, 0.717) is 18.7 Å². The summed E-state index contributed by atoms with van der Waals surface area (Å²) in [5.74, 6) is 0.0853. The van der Waals surface area contributed by atoms with Crippen molar-refractivity contribution in [1.29, 1.82) is 0 Å². The summed E-state index contributed by atoms with van der Waals surface area (Å²) in [5.41, 5.74) is 1.58. The monoisotopic (exact) mass is 265 g/mol. The van der Waals surface area contributed by atoms with Gasteiger partial charge in [-0.25, -0.2) is 0 Å². The molecule has 96 valence electrons. The number of hydrogen-bond acceptors (Lipinski definition) is 5. The van der Waals surface area contributed by atoms with E-state index in [9.17, 15) is 10.2 Å². The van der Waals surface area contributed by atoms with Crippen molar-refractivity contribution in [2.75, 3.05) is 6.54 Å². The smallest absolute Gasteiger partial charge is 0.123 e. The number of aromatic hydroxyl groups is 2. The molecule has 0 amide bonds. The van der Waals surface area contributed by atoms with Gasteiger partial charge < -0.3 is 20.6 Å². The molecule has 0 aliphatic rings. The lowest BCUT2D eigenvalue weighted by atomic mass is 10.1. The van der Waals surface area contributed by atoms with E-state index in [1.165, 1.54) is 12.1 Å². The van der Waals surface area contributed by atoms with Crippen LogP contribution in [0.4, 0.5) is 0 Å². The Bertz CT molecular complexity index is 499. The van der Waals surface area contributed by atoms with Crippen LogP contribution in [0, 0.1) is 0 Å². The zero-order valence-corrected chi connectivity index (χ0v) is 10.5. The molecule has 0 saturated carbocycles. The van der Waals surface area contributed by atoms with E-state index in [2.05, 4.69) is 5.32 Å². The number of phenolic OH excluding ortho intramolecular Hbond substituents is 2. The fourth-order valence-electron chi connectivity index (χ4n) is 1.63. The number of hydrogen-bond donors (Lipinski definition) is 4. The van der Waals surface area contributed by atoms with Gasteiger partial charge in [0.2, 0.25) is 0 Å². The highest BCUT2D eigenvalue weighted by atomic mass is 32.1. The molecule has 1 aromatic carbocycles. The van der Waals surface area contributed by atoms with E-state index >= 15 is 0 Å². The fraction of sp³-hybridized carbons (Fsp3) is 0.231. The molecule has 1 unspecified atom stereocenters. The number of benzene rings is 1. The summed E-state index contributed by atoms with van der Waals surface area (Å²) in [4.78, 5) is 0. The van der Waals surface area contributed by atoms with Crippen LogP contribution in [0.5, 0.6) is 11.5 Å². The van der Waals surface area contributed by atoms with Crippen LogP contribution in [0.2, 0.25) is 0 Å². The first kappa shape index (κ1) is 12.9. The average Bonchev–Trinajstić information content (AvgIpc) is 2.85. The van der Waals surface area contributed by atoms with Crippen LogP contribution in [-0.4, -0.2) is 21.9 Å². The Kier molecular flexibility index (Phi) is 4.19. The Morgan fingerprint density at radius 3 is 2.72 bits per heavy atom. The Morgan fingerprint density at radius 2 is 2.06 bits per heavy atom. The quantitative estimate of drug-likeness (QED) is 0.667. The summed E-state index contributed by atoms with van der Waals surface area (Å²) in [6.45, 7) is 0.852. The number of phenols is 2. The van der Waals surface area contributed by atoms with Crippen LogP contribution in [0.25, 0.3) is 0 Å². The Morgan fingerprint density at radius 1 is 1.22 bits per heavy atom.